The topological polar surface area (TPSA) is 124 Å². The third-order valence-electron chi connectivity index (χ3n) is 9.97. The van der Waals surface area contributed by atoms with Crippen molar-refractivity contribution in [1.82, 2.24) is 20.4 Å². The van der Waals surface area contributed by atoms with Gasteiger partial charge in [-0.3, -0.25) is 19.2 Å². The first-order valence-electron chi connectivity index (χ1n) is 17.1. The summed E-state index contributed by atoms with van der Waals surface area (Å²) in [6, 6.07) is 5.22. The molecule has 1 aromatic heterocycles. The third-order valence-corrected chi connectivity index (χ3v) is 9.97. The highest BCUT2D eigenvalue weighted by Crippen LogP contribution is 2.34. The minimum Gasteiger partial charge on any atom is -0.468 e. The average molecular weight is 654 g/mol. The van der Waals surface area contributed by atoms with Crippen molar-refractivity contribution < 1.29 is 28.0 Å². The summed E-state index contributed by atoms with van der Waals surface area (Å²) in [5.41, 5.74) is -0.431. The highest BCUT2D eigenvalue weighted by Gasteiger charge is 2.43. The number of carbonyl (C=O) groups is 4. The van der Waals surface area contributed by atoms with Crippen LogP contribution in [0.15, 0.2) is 34.9 Å². The first kappa shape index (κ1) is 36.1. The predicted octanol–water partition coefficient (Wildman–Crippen LogP) is 5.41. The van der Waals surface area contributed by atoms with E-state index in [2.05, 4.69) is 20.9 Å². The van der Waals surface area contributed by atoms with E-state index in [0.29, 0.717) is 30.0 Å². The molecule has 3 atom stereocenters. The maximum atomic E-state index is 15.8. The van der Waals surface area contributed by atoms with Crippen LogP contribution in [0.3, 0.4) is 0 Å². The van der Waals surface area contributed by atoms with Crippen LogP contribution in [0.5, 0.6) is 0 Å². The second-order valence-electron chi connectivity index (χ2n) is 13.7. The molecule has 11 heteroatoms. The second-order valence-corrected chi connectivity index (χ2v) is 13.7. The summed E-state index contributed by atoms with van der Waals surface area (Å²) >= 11 is 0. The van der Waals surface area contributed by atoms with Crippen LogP contribution in [0.4, 0.5) is 10.1 Å². The van der Waals surface area contributed by atoms with E-state index in [1.165, 1.54) is 18.4 Å². The zero-order valence-corrected chi connectivity index (χ0v) is 28.8. The summed E-state index contributed by atoms with van der Waals surface area (Å²) in [5.74, 6) is -2.17. The molecule has 0 bridgehead atoms. The number of anilines is 1. The fourth-order valence-electron chi connectivity index (χ4n) is 6.72. The smallest absolute Gasteiger partial charge is 0.255 e. The Balaban J connectivity index is 1.57. The van der Waals surface area contributed by atoms with Crippen molar-refractivity contribution in [2.45, 2.75) is 103 Å². The molecule has 2 aromatic rings. The molecule has 2 aliphatic rings. The molecular formula is C36H52FN5O5. The van der Waals surface area contributed by atoms with Gasteiger partial charge in [0.1, 0.15) is 23.2 Å². The van der Waals surface area contributed by atoms with Gasteiger partial charge in [0.05, 0.1) is 17.5 Å². The number of nitrogens with one attached hydrogen (secondary N) is 3. The summed E-state index contributed by atoms with van der Waals surface area (Å²) < 4.78 is 21.3. The highest BCUT2D eigenvalue weighted by molar-refractivity contribution is 6.04. The zero-order chi connectivity index (χ0) is 34.3. The van der Waals surface area contributed by atoms with Gasteiger partial charge in [0, 0.05) is 44.4 Å². The van der Waals surface area contributed by atoms with Crippen molar-refractivity contribution in [1.29, 1.82) is 0 Å². The molecule has 0 spiro atoms. The maximum Gasteiger partial charge on any atom is 0.255 e. The number of hydrogen-bond acceptors (Lipinski definition) is 6. The highest BCUT2D eigenvalue weighted by atomic mass is 19.1. The van der Waals surface area contributed by atoms with Gasteiger partial charge >= 0.3 is 0 Å². The molecule has 0 radical (unpaired) electrons. The molecular weight excluding hydrogens is 601 g/mol. The first-order valence-corrected chi connectivity index (χ1v) is 17.1. The van der Waals surface area contributed by atoms with Crippen LogP contribution in [-0.2, 0) is 14.4 Å². The van der Waals surface area contributed by atoms with Gasteiger partial charge in [0.25, 0.3) is 5.91 Å². The Labute approximate surface area is 278 Å². The number of furan rings is 1. The molecule has 1 aliphatic heterocycles. The van der Waals surface area contributed by atoms with Gasteiger partial charge in [-0.1, -0.05) is 59.4 Å². The summed E-state index contributed by atoms with van der Waals surface area (Å²) in [6.07, 6.45) is 7.22. The molecule has 2 heterocycles. The van der Waals surface area contributed by atoms with E-state index in [-0.39, 0.29) is 35.8 Å². The van der Waals surface area contributed by atoms with Crippen LogP contribution in [0.2, 0.25) is 0 Å². The zero-order valence-electron chi connectivity index (χ0n) is 28.8. The number of carbonyl (C=O) groups excluding carboxylic acids is 4. The second kappa shape index (κ2) is 15.9. The molecule has 258 valence electrons. The third kappa shape index (κ3) is 8.60. The summed E-state index contributed by atoms with van der Waals surface area (Å²) in [5, 5.41) is 8.65. The fraction of sp³-hybridized carbons (Fsp3) is 0.611. The number of amides is 4. The van der Waals surface area contributed by atoms with E-state index in [4.69, 9.17) is 4.42 Å². The molecule has 1 saturated heterocycles. The molecule has 2 fully saturated rings. The SMILES string of the molecule is CCC(=O)N[C@@H](C(=O)N1CCN(C)CC1)[C@@H](C)c1ccc(NC(=O)[C@](C)(NC(=O)c2ccoc2C(C)C)C2CCCCCC2)c(F)c1. The minimum absolute atomic E-state index is 0.0224. The number of likely N-dealkylation sites (N-methyl/N-ethyl adjacent to an activating group) is 1. The van der Waals surface area contributed by atoms with Gasteiger partial charge in [-0.05, 0) is 56.5 Å². The first-order chi connectivity index (χ1) is 22.3. The van der Waals surface area contributed by atoms with E-state index in [1.54, 1.807) is 37.8 Å². The molecule has 0 unspecified atom stereocenters. The number of benzene rings is 1. The van der Waals surface area contributed by atoms with Crippen molar-refractivity contribution in [2.75, 3.05) is 38.5 Å². The number of rotatable bonds is 11. The van der Waals surface area contributed by atoms with Gasteiger partial charge in [-0.15, -0.1) is 0 Å². The van der Waals surface area contributed by atoms with E-state index >= 15 is 4.39 Å². The van der Waals surface area contributed by atoms with Crippen molar-refractivity contribution in [3.05, 3.63) is 53.2 Å². The fourth-order valence-corrected chi connectivity index (χ4v) is 6.72. The number of piperazine rings is 1. The summed E-state index contributed by atoms with van der Waals surface area (Å²) in [7, 11) is 2.00. The Morgan fingerprint density at radius 3 is 2.26 bits per heavy atom. The lowest BCUT2D eigenvalue weighted by Crippen LogP contribution is -2.59. The lowest BCUT2D eigenvalue weighted by atomic mass is 9.79. The Bertz CT molecular complexity index is 1410. The maximum absolute atomic E-state index is 15.8. The van der Waals surface area contributed by atoms with Crippen molar-refractivity contribution in [2.24, 2.45) is 5.92 Å². The molecule has 3 N–H and O–H groups in total. The largest absolute Gasteiger partial charge is 0.468 e. The van der Waals surface area contributed by atoms with Gasteiger partial charge in [0.2, 0.25) is 17.7 Å². The normalized spacial score (nSPS) is 18.9. The van der Waals surface area contributed by atoms with E-state index < -0.39 is 35.1 Å². The molecule has 47 heavy (non-hydrogen) atoms. The van der Waals surface area contributed by atoms with E-state index in [9.17, 15) is 19.2 Å². The van der Waals surface area contributed by atoms with Gasteiger partial charge in [0.15, 0.2) is 0 Å². The van der Waals surface area contributed by atoms with Gasteiger partial charge in [-0.2, -0.15) is 0 Å². The van der Waals surface area contributed by atoms with Crippen LogP contribution in [-0.4, -0.2) is 78.2 Å². The standard InChI is InChI=1S/C36H52FN5O5/c1-7-30(43)39-31(34(45)42-19-17-41(6)18-20-42)24(4)25-14-15-29(28(37)22-25)38-35(46)36(5,26-12-10-8-9-11-13-26)40-33(44)27-16-21-47-32(27)23(2)3/h14-16,21-24,26,31H,7-13,17-20H2,1-6H3,(H,38,46)(H,39,43)(H,40,44)/t24-,31+,36+/m0/s1. The van der Waals surface area contributed by atoms with E-state index in [1.807, 2.05) is 20.9 Å². The molecule has 10 nitrogen and oxygen atoms in total. The Hall–Kier alpha value is -3.73. The molecule has 1 saturated carbocycles. The molecule has 1 aliphatic carbocycles. The average Bonchev–Trinajstić information content (AvgIpc) is 3.39. The molecule has 1 aromatic carbocycles. The number of halogens is 1. The summed E-state index contributed by atoms with van der Waals surface area (Å²) in [6.45, 7) is 11.7. The Kier molecular flexibility index (Phi) is 12.2. The predicted molar refractivity (Wildman–Crippen MR) is 180 cm³/mol. The quantitative estimate of drug-likeness (QED) is 0.279. The lowest BCUT2D eigenvalue weighted by molar-refractivity contribution is -0.138. The monoisotopic (exact) mass is 653 g/mol. The Morgan fingerprint density at radius 1 is 1.00 bits per heavy atom. The number of hydrogen-bond donors (Lipinski definition) is 3. The molecule has 4 amide bonds. The van der Waals surface area contributed by atoms with Crippen molar-refractivity contribution in [3.8, 4) is 0 Å². The van der Waals surface area contributed by atoms with Crippen LogP contribution in [0.25, 0.3) is 0 Å². The van der Waals surface area contributed by atoms with Crippen molar-refractivity contribution in [3.63, 3.8) is 0 Å². The van der Waals surface area contributed by atoms with Crippen LogP contribution in [0, 0.1) is 11.7 Å². The van der Waals surface area contributed by atoms with Crippen LogP contribution in [0.1, 0.15) is 113 Å². The van der Waals surface area contributed by atoms with Gasteiger partial charge in [-0.25, -0.2) is 4.39 Å². The lowest BCUT2D eigenvalue weighted by Gasteiger charge is -2.37. The van der Waals surface area contributed by atoms with Crippen molar-refractivity contribution >= 4 is 29.3 Å². The Morgan fingerprint density at radius 2 is 1.66 bits per heavy atom. The van der Waals surface area contributed by atoms with E-state index in [0.717, 1.165) is 51.6 Å². The van der Waals surface area contributed by atoms with Crippen LogP contribution >= 0.6 is 0 Å². The molecule has 4 rings (SSSR count). The minimum atomic E-state index is -1.31. The summed E-state index contributed by atoms with van der Waals surface area (Å²) in [4.78, 5) is 57.6. The number of nitrogens with zero attached hydrogens (tertiary/aromatic N) is 2. The van der Waals surface area contributed by atoms with Crippen LogP contribution < -0.4 is 16.0 Å². The van der Waals surface area contributed by atoms with Gasteiger partial charge < -0.3 is 30.2 Å².